The second kappa shape index (κ2) is 6.91. The fraction of sp³-hybridized carbons (Fsp3) is 0.143. The Labute approximate surface area is 117 Å². The van der Waals surface area contributed by atoms with Crippen LogP contribution in [-0.4, -0.2) is 13.1 Å². The number of halogens is 1. The number of carbonyl (C=O) groups excluding carboxylic acids is 1. The van der Waals surface area contributed by atoms with E-state index in [-0.39, 0.29) is 23.0 Å². The predicted molar refractivity (Wildman–Crippen MR) is 63.5 cm³/mol. The number of pyridine rings is 1. The van der Waals surface area contributed by atoms with Crippen LogP contribution in [0.1, 0.15) is 15.9 Å². The molecule has 0 unspecified atom stereocenters. The number of aromatic nitrogens is 1. The standard InChI is InChI=1S/C14H14NO2.BrH/c1-17-14(16)13-7-9-15(10-8-13)11-12-5-3-2-4-6-12;/h2-10H,11H2,1H3;1H/q+1;/p-1. The van der Waals surface area contributed by atoms with Crippen molar-refractivity contribution < 1.29 is 31.1 Å². The van der Waals surface area contributed by atoms with Gasteiger partial charge in [-0.15, -0.1) is 0 Å². The van der Waals surface area contributed by atoms with Crippen LogP contribution in [0.3, 0.4) is 0 Å². The third-order valence-electron chi connectivity index (χ3n) is 2.52. The highest BCUT2D eigenvalue weighted by Crippen LogP contribution is 2.00. The van der Waals surface area contributed by atoms with Crippen LogP contribution in [0.5, 0.6) is 0 Å². The summed E-state index contributed by atoms with van der Waals surface area (Å²) in [6, 6.07) is 13.7. The molecule has 2 aromatic rings. The fourth-order valence-corrected chi connectivity index (χ4v) is 1.61. The Morgan fingerprint density at radius 2 is 1.72 bits per heavy atom. The summed E-state index contributed by atoms with van der Waals surface area (Å²) in [6.07, 6.45) is 3.75. The smallest absolute Gasteiger partial charge is 0.338 e. The third-order valence-corrected chi connectivity index (χ3v) is 2.52. The van der Waals surface area contributed by atoms with Gasteiger partial charge in [-0.3, -0.25) is 0 Å². The van der Waals surface area contributed by atoms with Gasteiger partial charge < -0.3 is 21.7 Å². The molecule has 0 aliphatic rings. The summed E-state index contributed by atoms with van der Waals surface area (Å²) in [5.41, 5.74) is 1.79. The molecule has 1 aromatic carbocycles. The molecule has 0 radical (unpaired) electrons. The van der Waals surface area contributed by atoms with Crippen molar-refractivity contribution in [3.8, 4) is 0 Å². The lowest BCUT2D eigenvalue weighted by atomic mass is 10.2. The van der Waals surface area contributed by atoms with Crippen LogP contribution in [0.2, 0.25) is 0 Å². The maximum atomic E-state index is 11.3. The van der Waals surface area contributed by atoms with Crippen LogP contribution in [-0.2, 0) is 11.3 Å². The number of rotatable bonds is 3. The first-order valence-electron chi connectivity index (χ1n) is 5.41. The average Bonchev–Trinajstić information content (AvgIpc) is 2.40. The summed E-state index contributed by atoms with van der Waals surface area (Å²) in [6.45, 7) is 0.794. The number of nitrogens with zero attached hydrogens (tertiary/aromatic N) is 1. The van der Waals surface area contributed by atoms with Crippen molar-refractivity contribution in [3.63, 3.8) is 0 Å². The molecular formula is C14H14BrNO2. The number of benzene rings is 1. The SMILES string of the molecule is COC(=O)c1cc[n+](Cc2ccccc2)cc1.[Br-]. The first-order valence-corrected chi connectivity index (χ1v) is 5.41. The monoisotopic (exact) mass is 307 g/mol. The van der Waals surface area contributed by atoms with Gasteiger partial charge >= 0.3 is 5.97 Å². The van der Waals surface area contributed by atoms with E-state index in [2.05, 4.69) is 16.9 Å². The van der Waals surface area contributed by atoms with Crippen molar-refractivity contribution in [3.05, 3.63) is 66.0 Å². The van der Waals surface area contributed by atoms with E-state index in [1.54, 1.807) is 12.1 Å². The van der Waals surface area contributed by atoms with Crippen molar-refractivity contribution in [2.45, 2.75) is 6.54 Å². The zero-order valence-electron chi connectivity index (χ0n) is 10.0. The molecule has 4 heteroatoms. The van der Waals surface area contributed by atoms with Crippen LogP contribution in [0, 0.1) is 0 Å². The molecule has 3 nitrogen and oxygen atoms in total. The van der Waals surface area contributed by atoms with E-state index in [0.717, 1.165) is 6.54 Å². The zero-order valence-corrected chi connectivity index (χ0v) is 11.6. The van der Waals surface area contributed by atoms with Crippen LogP contribution in [0.15, 0.2) is 54.9 Å². The van der Waals surface area contributed by atoms with Crippen LogP contribution in [0.25, 0.3) is 0 Å². The van der Waals surface area contributed by atoms with E-state index < -0.39 is 0 Å². The summed E-state index contributed by atoms with van der Waals surface area (Å²) in [5.74, 6) is -0.308. The molecule has 1 aromatic heterocycles. The van der Waals surface area contributed by atoms with Gasteiger partial charge in [0.05, 0.1) is 12.7 Å². The number of hydrogen-bond donors (Lipinski definition) is 0. The quantitative estimate of drug-likeness (QED) is 0.527. The van der Waals surface area contributed by atoms with Crippen LogP contribution < -0.4 is 21.5 Å². The molecule has 0 saturated carbocycles. The van der Waals surface area contributed by atoms with Crippen molar-refractivity contribution in [2.24, 2.45) is 0 Å². The predicted octanol–water partition coefficient (Wildman–Crippen LogP) is -1.19. The van der Waals surface area contributed by atoms with Crippen molar-refractivity contribution >= 4 is 5.97 Å². The third kappa shape index (κ3) is 3.67. The highest BCUT2D eigenvalue weighted by atomic mass is 79.9. The molecule has 18 heavy (non-hydrogen) atoms. The van der Waals surface area contributed by atoms with Crippen molar-refractivity contribution in [2.75, 3.05) is 7.11 Å². The molecule has 2 rings (SSSR count). The molecule has 0 N–H and O–H groups in total. The number of ether oxygens (including phenoxy) is 1. The first-order chi connectivity index (χ1) is 8.29. The number of carbonyl (C=O) groups is 1. The molecule has 0 bridgehead atoms. The lowest BCUT2D eigenvalue weighted by Gasteiger charge is -1.99. The molecule has 94 valence electrons. The second-order valence-electron chi connectivity index (χ2n) is 3.74. The van der Waals surface area contributed by atoms with Gasteiger partial charge in [0.25, 0.3) is 0 Å². The fourth-order valence-electron chi connectivity index (χ4n) is 1.61. The van der Waals surface area contributed by atoms with E-state index in [1.165, 1.54) is 12.7 Å². The lowest BCUT2D eigenvalue weighted by molar-refractivity contribution is -0.688. The molecule has 0 aliphatic carbocycles. The molecule has 1 heterocycles. The lowest BCUT2D eigenvalue weighted by Crippen LogP contribution is -3.00. The summed E-state index contributed by atoms with van der Waals surface area (Å²) in [5, 5.41) is 0. The van der Waals surface area contributed by atoms with Gasteiger partial charge in [0.15, 0.2) is 18.9 Å². The van der Waals surface area contributed by atoms with Gasteiger partial charge in [-0.05, 0) is 0 Å². The maximum Gasteiger partial charge on any atom is 0.338 e. The normalized spacial score (nSPS) is 9.39. The minimum absolute atomic E-state index is 0. The van der Waals surface area contributed by atoms with Crippen molar-refractivity contribution in [1.82, 2.24) is 0 Å². The molecule has 0 spiro atoms. The number of esters is 1. The van der Waals surface area contributed by atoms with Crippen LogP contribution in [0.4, 0.5) is 0 Å². The zero-order chi connectivity index (χ0) is 12.1. The van der Waals surface area contributed by atoms with Gasteiger partial charge in [-0.25, -0.2) is 9.36 Å². The number of methoxy groups -OCH3 is 1. The Bertz CT molecular complexity index is 497. The average molecular weight is 308 g/mol. The van der Waals surface area contributed by atoms with Gasteiger partial charge in [0.2, 0.25) is 0 Å². The Hall–Kier alpha value is -1.68. The maximum absolute atomic E-state index is 11.3. The van der Waals surface area contributed by atoms with Crippen molar-refractivity contribution in [1.29, 1.82) is 0 Å². The molecule has 0 amide bonds. The Morgan fingerprint density at radius 1 is 1.11 bits per heavy atom. The first kappa shape index (κ1) is 14.4. The molecule has 0 atom stereocenters. The summed E-state index contributed by atoms with van der Waals surface area (Å²) in [7, 11) is 1.38. The van der Waals surface area contributed by atoms with Gasteiger partial charge in [-0.1, -0.05) is 30.3 Å². The Morgan fingerprint density at radius 3 is 2.28 bits per heavy atom. The molecule has 0 aliphatic heterocycles. The molecular weight excluding hydrogens is 294 g/mol. The number of hydrogen-bond acceptors (Lipinski definition) is 2. The molecule has 0 fully saturated rings. The molecule has 0 saturated heterocycles. The Kier molecular flexibility index (Phi) is 5.52. The topological polar surface area (TPSA) is 30.2 Å². The second-order valence-corrected chi connectivity index (χ2v) is 3.74. The minimum Gasteiger partial charge on any atom is -1.00 e. The summed E-state index contributed by atoms with van der Waals surface area (Å²) in [4.78, 5) is 11.3. The summed E-state index contributed by atoms with van der Waals surface area (Å²) >= 11 is 0. The van der Waals surface area contributed by atoms with E-state index in [9.17, 15) is 4.79 Å². The van der Waals surface area contributed by atoms with E-state index in [1.807, 2.05) is 35.2 Å². The van der Waals surface area contributed by atoms with E-state index >= 15 is 0 Å². The summed E-state index contributed by atoms with van der Waals surface area (Å²) < 4.78 is 6.66. The largest absolute Gasteiger partial charge is 1.00 e. The van der Waals surface area contributed by atoms with E-state index in [0.29, 0.717) is 5.56 Å². The van der Waals surface area contributed by atoms with Gasteiger partial charge in [-0.2, -0.15) is 0 Å². The highest BCUT2D eigenvalue weighted by molar-refractivity contribution is 5.88. The highest BCUT2D eigenvalue weighted by Gasteiger charge is 2.08. The Balaban J connectivity index is 0.00000162. The minimum atomic E-state index is -0.308. The van der Waals surface area contributed by atoms with Crippen LogP contribution >= 0.6 is 0 Å². The van der Waals surface area contributed by atoms with Gasteiger partial charge in [0, 0.05) is 17.7 Å². The van der Waals surface area contributed by atoms with E-state index in [4.69, 9.17) is 0 Å². The van der Waals surface area contributed by atoms with Gasteiger partial charge in [0.1, 0.15) is 0 Å².